The molecule has 0 unspecified atom stereocenters. The SMILES string of the molecule is O=C(Nc1cccc(Cl)c1)c1cc(F)c(F)cc1[N+](=O)[O-]. The number of carbonyl (C=O) groups excluding carboxylic acids is 1. The molecule has 5 nitrogen and oxygen atoms in total. The molecule has 2 aromatic carbocycles. The number of halogens is 3. The number of nitrogens with one attached hydrogen (secondary N) is 1. The van der Waals surface area contributed by atoms with Gasteiger partial charge in [0.15, 0.2) is 11.6 Å². The molecule has 2 aromatic rings. The van der Waals surface area contributed by atoms with E-state index in [9.17, 15) is 23.7 Å². The van der Waals surface area contributed by atoms with E-state index in [-0.39, 0.29) is 5.69 Å². The maximum absolute atomic E-state index is 13.2. The number of hydrogen-bond donors (Lipinski definition) is 1. The molecular formula is C13H7ClF2N2O3. The van der Waals surface area contributed by atoms with Gasteiger partial charge in [-0.25, -0.2) is 8.78 Å². The fourth-order valence-corrected chi connectivity index (χ4v) is 1.82. The van der Waals surface area contributed by atoms with Crippen molar-refractivity contribution in [2.75, 3.05) is 5.32 Å². The van der Waals surface area contributed by atoms with Gasteiger partial charge in [0, 0.05) is 10.7 Å². The average Bonchev–Trinajstić information content (AvgIpc) is 2.41. The van der Waals surface area contributed by atoms with E-state index >= 15 is 0 Å². The monoisotopic (exact) mass is 312 g/mol. The van der Waals surface area contributed by atoms with Crippen LogP contribution in [0.2, 0.25) is 5.02 Å². The maximum Gasteiger partial charge on any atom is 0.285 e. The van der Waals surface area contributed by atoms with Gasteiger partial charge in [-0.1, -0.05) is 17.7 Å². The minimum atomic E-state index is -1.40. The van der Waals surface area contributed by atoms with E-state index < -0.39 is 33.7 Å². The third-order valence-electron chi connectivity index (χ3n) is 2.56. The summed E-state index contributed by atoms with van der Waals surface area (Å²) < 4.78 is 26.2. The largest absolute Gasteiger partial charge is 0.322 e. The molecule has 0 bridgehead atoms. The summed E-state index contributed by atoms with van der Waals surface area (Å²) in [7, 11) is 0. The lowest BCUT2D eigenvalue weighted by molar-refractivity contribution is -0.385. The van der Waals surface area contributed by atoms with Crippen molar-refractivity contribution >= 4 is 28.9 Å². The zero-order valence-electron chi connectivity index (χ0n) is 10.3. The molecule has 2 rings (SSSR count). The molecule has 0 aliphatic rings. The second-order valence-electron chi connectivity index (χ2n) is 4.01. The van der Waals surface area contributed by atoms with Gasteiger partial charge in [0.2, 0.25) is 0 Å². The predicted octanol–water partition coefficient (Wildman–Crippen LogP) is 3.78. The first kappa shape index (κ1) is 14.9. The number of nitro groups is 1. The van der Waals surface area contributed by atoms with E-state index in [2.05, 4.69) is 5.32 Å². The summed E-state index contributed by atoms with van der Waals surface area (Å²) in [6.07, 6.45) is 0. The number of hydrogen-bond acceptors (Lipinski definition) is 3. The van der Waals surface area contributed by atoms with Crippen LogP contribution < -0.4 is 5.32 Å². The summed E-state index contributed by atoms with van der Waals surface area (Å²) in [6, 6.07) is 6.87. The van der Waals surface area contributed by atoms with Crippen LogP contribution in [0.1, 0.15) is 10.4 Å². The summed E-state index contributed by atoms with van der Waals surface area (Å²) in [5, 5.41) is 13.5. The number of nitrogens with zero attached hydrogens (tertiary/aromatic N) is 1. The summed E-state index contributed by atoms with van der Waals surface area (Å²) in [5.74, 6) is -3.69. The van der Waals surface area contributed by atoms with Crippen LogP contribution in [0.15, 0.2) is 36.4 Å². The summed E-state index contributed by atoms with van der Waals surface area (Å²) in [6.45, 7) is 0. The molecule has 1 N–H and O–H groups in total. The van der Waals surface area contributed by atoms with Crippen LogP contribution in [0.5, 0.6) is 0 Å². The Morgan fingerprint density at radius 3 is 2.48 bits per heavy atom. The molecule has 0 spiro atoms. The van der Waals surface area contributed by atoms with Crippen LogP contribution >= 0.6 is 11.6 Å². The first-order chi connectivity index (χ1) is 9.88. The lowest BCUT2D eigenvalue weighted by Gasteiger charge is -2.06. The van der Waals surface area contributed by atoms with Crippen molar-refractivity contribution in [3.05, 3.63) is 68.7 Å². The van der Waals surface area contributed by atoms with E-state index in [0.717, 1.165) is 0 Å². The van der Waals surface area contributed by atoms with Gasteiger partial charge in [0.1, 0.15) is 5.56 Å². The zero-order valence-corrected chi connectivity index (χ0v) is 11.0. The lowest BCUT2D eigenvalue weighted by atomic mass is 10.1. The van der Waals surface area contributed by atoms with Crippen molar-refractivity contribution in [3.8, 4) is 0 Å². The molecule has 0 fully saturated rings. The minimum absolute atomic E-state index is 0.270. The van der Waals surface area contributed by atoms with Gasteiger partial charge in [-0.3, -0.25) is 14.9 Å². The molecular weight excluding hydrogens is 306 g/mol. The van der Waals surface area contributed by atoms with Crippen LogP contribution in [0, 0.1) is 21.7 Å². The zero-order chi connectivity index (χ0) is 15.6. The Bertz CT molecular complexity index is 737. The molecule has 0 aromatic heterocycles. The van der Waals surface area contributed by atoms with Crippen molar-refractivity contribution in [1.82, 2.24) is 0 Å². The number of nitro benzene ring substituents is 1. The second kappa shape index (κ2) is 5.84. The molecule has 0 saturated heterocycles. The molecule has 108 valence electrons. The summed E-state index contributed by atoms with van der Waals surface area (Å²) >= 11 is 5.73. The average molecular weight is 313 g/mol. The van der Waals surface area contributed by atoms with Gasteiger partial charge in [0.25, 0.3) is 11.6 Å². The molecule has 0 atom stereocenters. The van der Waals surface area contributed by atoms with E-state index in [1.54, 1.807) is 12.1 Å². The Balaban J connectivity index is 2.39. The summed E-state index contributed by atoms with van der Waals surface area (Å²) in [5.41, 5.74) is -1.14. The summed E-state index contributed by atoms with van der Waals surface area (Å²) in [4.78, 5) is 21.8. The number of amides is 1. The third-order valence-corrected chi connectivity index (χ3v) is 2.80. The number of rotatable bonds is 3. The molecule has 0 aliphatic carbocycles. The molecule has 0 radical (unpaired) electrons. The van der Waals surface area contributed by atoms with Crippen molar-refractivity contribution in [3.63, 3.8) is 0 Å². The van der Waals surface area contributed by atoms with Crippen LogP contribution in [0.25, 0.3) is 0 Å². The molecule has 1 amide bonds. The lowest BCUT2D eigenvalue weighted by Crippen LogP contribution is -2.14. The quantitative estimate of drug-likeness (QED) is 0.692. The second-order valence-corrected chi connectivity index (χ2v) is 4.44. The van der Waals surface area contributed by atoms with Crippen LogP contribution in [-0.2, 0) is 0 Å². The van der Waals surface area contributed by atoms with E-state index in [4.69, 9.17) is 11.6 Å². The normalized spacial score (nSPS) is 10.2. The van der Waals surface area contributed by atoms with Crippen LogP contribution in [0.4, 0.5) is 20.2 Å². The Morgan fingerprint density at radius 2 is 1.86 bits per heavy atom. The Hall–Kier alpha value is -2.54. The number of carbonyl (C=O) groups is 1. The van der Waals surface area contributed by atoms with E-state index in [1.165, 1.54) is 12.1 Å². The molecule has 0 heterocycles. The van der Waals surface area contributed by atoms with Crippen molar-refractivity contribution in [2.45, 2.75) is 0 Å². The predicted molar refractivity (Wildman–Crippen MR) is 72.4 cm³/mol. The highest BCUT2D eigenvalue weighted by Crippen LogP contribution is 2.24. The molecule has 21 heavy (non-hydrogen) atoms. The van der Waals surface area contributed by atoms with Crippen molar-refractivity contribution in [1.29, 1.82) is 0 Å². The van der Waals surface area contributed by atoms with Crippen molar-refractivity contribution < 1.29 is 18.5 Å². The minimum Gasteiger partial charge on any atom is -0.322 e. The Labute approximate surface area is 122 Å². The van der Waals surface area contributed by atoms with Gasteiger partial charge < -0.3 is 5.32 Å². The fraction of sp³-hybridized carbons (Fsp3) is 0. The van der Waals surface area contributed by atoms with Crippen LogP contribution in [-0.4, -0.2) is 10.8 Å². The smallest absolute Gasteiger partial charge is 0.285 e. The highest BCUT2D eigenvalue weighted by molar-refractivity contribution is 6.31. The van der Waals surface area contributed by atoms with Gasteiger partial charge in [-0.2, -0.15) is 0 Å². The van der Waals surface area contributed by atoms with Crippen molar-refractivity contribution in [2.24, 2.45) is 0 Å². The first-order valence-electron chi connectivity index (χ1n) is 5.59. The number of benzene rings is 2. The standard InChI is InChI=1S/C13H7ClF2N2O3/c14-7-2-1-3-8(4-7)17-13(19)9-5-10(15)11(16)6-12(9)18(20)21/h1-6H,(H,17,19). The van der Waals surface area contributed by atoms with Gasteiger partial charge in [-0.05, 0) is 24.3 Å². The molecule has 0 saturated carbocycles. The van der Waals surface area contributed by atoms with E-state index in [0.29, 0.717) is 17.2 Å². The van der Waals surface area contributed by atoms with E-state index in [1.807, 2.05) is 0 Å². The van der Waals surface area contributed by atoms with Gasteiger partial charge in [0.05, 0.1) is 11.0 Å². The Kier molecular flexibility index (Phi) is 4.13. The first-order valence-corrected chi connectivity index (χ1v) is 5.96. The maximum atomic E-state index is 13.2. The topological polar surface area (TPSA) is 72.2 Å². The van der Waals surface area contributed by atoms with Gasteiger partial charge >= 0.3 is 0 Å². The fourth-order valence-electron chi connectivity index (χ4n) is 1.63. The van der Waals surface area contributed by atoms with Crippen LogP contribution in [0.3, 0.4) is 0 Å². The molecule has 0 aliphatic heterocycles. The highest BCUT2D eigenvalue weighted by atomic mass is 35.5. The Morgan fingerprint density at radius 1 is 1.19 bits per heavy atom. The highest BCUT2D eigenvalue weighted by Gasteiger charge is 2.24. The molecule has 8 heteroatoms. The van der Waals surface area contributed by atoms with Gasteiger partial charge in [-0.15, -0.1) is 0 Å². The third kappa shape index (κ3) is 3.32. The number of anilines is 1.